The van der Waals surface area contributed by atoms with E-state index in [0.717, 1.165) is 12.2 Å². The highest BCUT2D eigenvalue weighted by Gasteiger charge is 2.12. The van der Waals surface area contributed by atoms with Crippen LogP contribution in [0.1, 0.15) is 18.1 Å². The van der Waals surface area contributed by atoms with Crippen molar-refractivity contribution in [3.05, 3.63) is 42.0 Å². The van der Waals surface area contributed by atoms with Crippen molar-refractivity contribution in [2.45, 2.75) is 19.6 Å². The molecule has 0 saturated carbocycles. The van der Waals surface area contributed by atoms with E-state index < -0.39 is 0 Å². The molecule has 0 amide bonds. The van der Waals surface area contributed by atoms with Gasteiger partial charge in [-0.2, -0.15) is 4.98 Å². The van der Waals surface area contributed by atoms with Gasteiger partial charge in [0.05, 0.1) is 6.54 Å². The molecule has 0 spiro atoms. The SMILES string of the molecule is COCc1nc(CN(CCCO)c2ccccc2)no1. The first-order valence-electron chi connectivity index (χ1n) is 6.54. The highest BCUT2D eigenvalue weighted by Crippen LogP contribution is 2.16. The summed E-state index contributed by atoms with van der Waals surface area (Å²) in [5.41, 5.74) is 1.07. The lowest BCUT2D eigenvalue weighted by atomic mass is 10.2. The summed E-state index contributed by atoms with van der Waals surface area (Å²) < 4.78 is 10.0. The topological polar surface area (TPSA) is 71.6 Å². The van der Waals surface area contributed by atoms with Crippen molar-refractivity contribution in [2.75, 3.05) is 25.2 Å². The first-order valence-corrected chi connectivity index (χ1v) is 6.54. The fourth-order valence-corrected chi connectivity index (χ4v) is 1.91. The molecule has 0 unspecified atom stereocenters. The van der Waals surface area contributed by atoms with Crippen molar-refractivity contribution >= 4 is 5.69 Å². The molecular formula is C14H19N3O3. The molecule has 1 aromatic carbocycles. The molecule has 20 heavy (non-hydrogen) atoms. The van der Waals surface area contributed by atoms with Crippen LogP contribution in [-0.2, 0) is 17.9 Å². The molecule has 0 atom stereocenters. The number of rotatable bonds is 8. The number of benzene rings is 1. The van der Waals surface area contributed by atoms with Gasteiger partial charge in [-0.1, -0.05) is 23.4 Å². The van der Waals surface area contributed by atoms with Crippen LogP contribution in [0.25, 0.3) is 0 Å². The summed E-state index contributed by atoms with van der Waals surface area (Å²) in [6.45, 7) is 1.74. The Hall–Kier alpha value is -1.92. The van der Waals surface area contributed by atoms with Crippen molar-refractivity contribution in [3.8, 4) is 0 Å². The molecule has 1 aromatic heterocycles. The van der Waals surface area contributed by atoms with Gasteiger partial charge in [-0.3, -0.25) is 0 Å². The minimum atomic E-state index is 0.157. The van der Waals surface area contributed by atoms with Gasteiger partial charge in [0.1, 0.15) is 6.61 Å². The number of aliphatic hydroxyl groups excluding tert-OH is 1. The summed E-state index contributed by atoms with van der Waals surface area (Å²) in [7, 11) is 1.58. The molecule has 2 rings (SSSR count). The summed E-state index contributed by atoms with van der Waals surface area (Å²) in [6, 6.07) is 9.97. The van der Waals surface area contributed by atoms with Gasteiger partial charge in [0.15, 0.2) is 5.82 Å². The zero-order valence-corrected chi connectivity index (χ0v) is 11.5. The molecule has 6 heteroatoms. The van der Waals surface area contributed by atoms with E-state index in [-0.39, 0.29) is 6.61 Å². The molecular weight excluding hydrogens is 258 g/mol. The quantitative estimate of drug-likeness (QED) is 0.790. The van der Waals surface area contributed by atoms with Crippen molar-refractivity contribution in [1.29, 1.82) is 0 Å². The second kappa shape index (κ2) is 7.62. The van der Waals surface area contributed by atoms with Gasteiger partial charge in [0.2, 0.25) is 0 Å². The first-order chi connectivity index (χ1) is 9.83. The second-order valence-electron chi connectivity index (χ2n) is 4.37. The third kappa shape index (κ3) is 4.04. The first kappa shape index (κ1) is 14.5. The third-order valence-corrected chi connectivity index (χ3v) is 2.82. The van der Waals surface area contributed by atoms with Gasteiger partial charge < -0.3 is 19.3 Å². The Kier molecular flexibility index (Phi) is 5.52. The van der Waals surface area contributed by atoms with Gasteiger partial charge in [-0.05, 0) is 18.6 Å². The Bertz CT molecular complexity index is 501. The molecule has 0 bridgehead atoms. The lowest BCUT2D eigenvalue weighted by Crippen LogP contribution is -2.25. The van der Waals surface area contributed by atoms with Gasteiger partial charge in [-0.25, -0.2) is 0 Å². The van der Waals surface area contributed by atoms with Crippen LogP contribution in [-0.4, -0.2) is 35.5 Å². The fraction of sp³-hybridized carbons (Fsp3) is 0.429. The predicted octanol–water partition coefficient (Wildman–Crippen LogP) is 1.61. The van der Waals surface area contributed by atoms with Crippen molar-refractivity contribution in [1.82, 2.24) is 10.1 Å². The largest absolute Gasteiger partial charge is 0.396 e. The minimum Gasteiger partial charge on any atom is -0.396 e. The number of aliphatic hydroxyl groups is 1. The molecule has 2 aromatic rings. The summed E-state index contributed by atoms with van der Waals surface area (Å²) in [4.78, 5) is 6.38. The van der Waals surface area contributed by atoms with Crippen molar-refractivity contribution in [3.63, 3.8) is 0 Å². The highest BCUT2D eigenvalue weighted by atomic mass is 16.5. The lowest BCUT2D eigenvalue weighted by molar-refractivity contribution is 0.151. The zero-order chi connectivity index (χ0) is 14.2. The number of hydrogen-bond acceptors (Lipinski definition) is 6. The maximum atomic E-state index is 9.01. The van der Waals surface area contributed by atoms with E-state index in [4.69, 9.17) is 14.4 Å². The van der Waals surface area contributed by atoms with Crippen LogP contribution >= 0.6 is 0 Å². The molecule has 0 aliphatic heterocycles. The Morgan fingerprint density at radius 3 is 2.80 bits per heavy atom. The molecule has 0 radical (unpaired) electrons. The maximum Gasteiger partial charge on any atom is 0.252 e. The molecule has 0 aliphatic carbocycles. The van der Waals surface area contributed by atoms with Crippen LogP contribution in [0.2, 0.25) is 0 Å². The van der Waals surface area contributed by atoms with Crippen LogP contribution in [0.4, 0.5) is 5.69 Å². The number of aromatic nitrogens is 2. The maximum absolute atomic E-state index is 9.01. The van der Waals surface area contributed by atoms with Gasteiger partial charge in [-0.15, -0.1) is 0 Å². The average molecular weight is 277 g/mol. The highest BCUT2D eigenvalue weighted by molar-refractivity contribution is 5.45. The monoisotopic (exact) mass is 277 g/mol. The van der Waals surface area contributed by atoms with Crippen LogP contribution in [0.3, 0.4) is 0 Å². The average Bonchev–Trinajstić information content (AvgIpc) is 2.92. The van der Waals surface area contributed by atoms with Crippen molar-refractivity contribution in [2.24, 2.45) is 0 Å². The Labute approximate surface area is 118 Å². The van der Waals surface area contributed by atoms with E-state index in [1.807, 2.05) is 30.3 Å². The Morgan fingerprint density at radius 1 is 1.30 bits per heavy atom. The molecule has 0 aliphatic rings. The number of nitrogens with zero attached hydrogens (tertiary/aromatic N) is 3. The Morgan fingerprint density at radius 2 is 2.10 bits per heavy atom. The molecule has 0 saturated heterocycles. The smallest absolute Gasteiger partial charge is 0.252 e. The molecule has 6 nitrogen and oxygen atoms in total. The number of ether oxygens (including phenoxy) is 1. The van der Waals surface area contributed by atoms with E-state index in [0.29, 0.717) is 31.3 Å². The van der Waals surface area contributed by atoms with Crippen LogP contribution in [0.15, 0.2) is 34.9 Å². The summed E-state index contributed by atoms with van der Waals surface area (Å²) in [6.07, 6.45) is 0.692. The molecule has 108 valence electrons. The van der Waals surface area contributed by atoms with Crippen LogP contribution in [0, 0.1) is 0 Å². The third-order valence-electron chi connectivity index (χ3n) is 2.82. The molecule has 1 heterocycles. The summed E-state index contributed by atoms with van der Waals surface area (Å²) >= 11 is 0. The van der Waals surface area contributed by atoms with Crippen LogP contribution in [0.5, 0.6) is 0 Å². The zero-order valence-electron chi connectivity index (χ0n) is 11.5. The van der Waals surface area contributed by atoms with E-state index in [1.54, 1.807) is 7.11 Å². The standard InChI is InChI=1S/C14H19N3O3/c1-19-11-14-15-13(16-20-14)10-17(8-5-9-18)12-6-3-2-4-7-12/h2-4,6-7,18H,5,8-11H2,1H3. The number of hydrogen-bond donors (Lipinski definition) is 1. The normalized spacial score (nSPS) is 10.7. The lowest BCUT2D eigenvalue weighted by Gasteiger charge is -2.22. The number of methoxy groups -OCH3 is 1. The Balaban J connectivity index is 2.06. The summed E-state index contributed by atoms with van der Waals surface area (Å²) in [5, 5.41) is 12.9. The van der Waals surface area contributed by atoms with Gasteiger partial charge >= 0.3 is 0 Å². The van der Waals surface area contributed by atoms with Crippen LogP contribution < -0.4 is 4.90 Å². The molecule has 1 N–H and O–H groups in total. The molecule has 0 fully saturated rings. The minimum absolute atomic E-state index is 0.157. The fourth-order valence-electron chi connectivity index (χ4n) is 1.91. The van der Waals surface area contributed by atoms with Crippen molar-refractivity contribution < 1.29 is 14.4 Å². The van der Waals surface area contributed by atoms with E-state index >= 15 is 0 Å². The van der Waals surface area contributed by atoms with E-state index in [2.05, 4.69) is 15.0 Å². The number of para-hydroxylation sites is 1. The summed E-state index contributed by atoms with van der Waals surface area (Å²) in [5.74, 6) is 1.08. The van der Waals surface area contributed by atoms with Gasteiger partial charge in [0.25, 0.3) is 5.89 Å². The van der Waals surface area contributed by atoms with E-state index in [1.165, 1.54) is 0 Å². The number of anilines is 1. The predicted molar refractivity (Wildman–Crippen MR) is 74.2 cm³/mol. The van der Waals surface area contributed by atoms with E-state index in [9.17, 15) is 0 Å². The van der Waals surface area contributed by atoms with Gasteiger partial charge in [0, 0.05) is 25.9 Å². The second-order valence-corrected chi connectivity index (χ2v) is 4.37.